The van der Waals surface area contributed by atoms with Crippen LogP contribution in [0.15, 0.2) is 36.5 Å². The average molecular weight is 312 g/mol. The summed E-state index contributed by atoms with van der Waals surface area (Å²) in [4.78, 5) is 30.1. The van der Waals surface area contributed by atoms with E-state index in [1.807, 2.05) is 19.1 Å². The third-order valence-corrected chi connectivity index (χ3v) is 3.84. The van der Waals surface area contributed by atoms with Crippen LogP contribution in [0.2, 0.25) is 0 Å². The van der Waals surface area contributed by atoms with E-state index < -0.39 is 5.97 Å². The highest BCUT2D eigenvalue weighted by atomic mass is 16.4. The van der Waals surface area contributed by atoms with Crippen molar-refractivity contribution in [3.05, 3.63) is 58.9 Å². The number of ketones is 1. The Kier molecular flexibility index (Phi) is 5.11. The first-order valence-corrected chi connectivity index (χ1v) is 7.58. The van der Waals surface area contributed by atoms with Crippen molar-refractivity contribution in [3.8, 4) is 0 Å². The predicted molar refractivity (Wildman–Crippen MR) is 89.4 cm³/mol. The molecule has 0 saturated heterocycles. The summed E-state index contributed by atoms with van der Waals surface area (Å²) in [5.41, 5.74) is 2.22. The van der Waals surface area contributed by atoms with Crippen LogP contribution in [0, 0.1) is 6.92 Å². The van der Waals surface area contributed by atoms with E-state index in [1.54, 1.807) is 6.07 Å². The van der Waals surface area contributed by atoms with E-state index in [4.69, 9.17) is 0 Å². The van der Waals surface area contributed by atoms with Gasteiger partial charge in [0.05, 0.1) is 5.56 Å². The Morgan fingerprint density at radius 1 is 1.13 bits per heavy atom. The maximum Gasteiger partial charge on any atom is 0.338 e. The van der Waals surface area contributed by atoms with Crippen molar-refractivity contribution in [1.82, 2.24) is 4.98 Å². The quantitative estimate of drug-likeness (QED) is 0.830. The van der Waals surface area contributed by atoms with Gasteiger partial charge in [-0.1, -0.05) is 0 Å². The minimum Gasteiger partial charge on any atom is -0.478 e. The van der Waals surface area contributed by atoms with Crippen molar-refractivity contribution in [1.29, 1.82) is 0 Å². The first kappa shape index (κ1) is 16.7. The van der Waals surface area contributed by atoms with Crippen molar-refractivity contribution in [2.45, 2.75) is 20.8 Å². The molecule has 2 rings (SSSR count). The number of pyridine rings is 1. The van der Waals surface area contributed by atoms with E-state index in [0.29, 0.717) is 5.56 Å². The molecule has 23 heavy (non-hydrogen) atoms. The molecule has 0 aliphatic carbocycles. The van der Waals surface area contributed by atoms with E-state index >= 15 is 0 Å². The van der Waals surface area contributed by atoms with E-state index in [-0.39, 0.29) is 17.0 Å². The number of carbonyl (C=O) groups excluding carboxylic acids is 1. The lowest BCUT2D eigenvalue weighted by Gasteiger charge is -2.22. The molecule has 0 unspecified atom stereocenters. The third kappa shape index (κ3) is 3.39. The Morgan fingerprint density at radius 3 is 2.39 bits per heavy atom. The molecule has 0 atom stereocenters. The fourth-order valence-corrected chi connectivity index (χ4v) is 2.57. The molecule has 120 valence electrons. The molecule has 0 aliphatic heterocycles. The molecule has 2 aromatic rings. The summed E-state index contributed by atoms with van der Waals surface area (Å²) in [6.45, 7) is 7.76. The predicted octanol–water partition coefficient (Wildman–Crippen LogP) is 3.17. The van der Waals surface area contributed by atoms with Gasteiger partial charge >= 0.3 is 5.97 Å². The normalized spacial score (nSPS) is 10.4. The second kappa shape index (κ2) is 7.05. The van der Waals surface area contributed by atoms with E-state index in [0.717, 1.165) is 24.3 Å². The molecule has 1 aromatic carbocycles. The van der Waals surface area contributed by atoms with Gasteiger partial charge < -0.3 is 10.0 Å². The van der Waals surface area contributed by atoms with Crippen molar-refractivity contribution < 1.29 is 14.7 Å². The standard InChI is InChI=1S/C18H20N2O3/c1-4-20(5-2)13-8-9-14(12(3)11-13)17(21)16-15(18(22)23)7-6-10-19-16/h6-11H,4-5H2,1-3H3,(H,22,23). The fraction of sp³-hybridized carbons (Fsp3) is 0.278. The van der Waals surface area contributed by atoms with E-state index in [9.17, 15) is 14.7 Å². The highest BCUT2D eigenvalue weighted by Crippen LogP contribution is 2.22. The topological polar surface area (TPSA) is 70.5 Å². The smallest absolute Gasteiger partial charge is 0.338 e. The number of aromatic carboxylic acids is 1. The van der Waals surface area contributed by atoms with Gasteiger partial charge in [-0.25, -0.2) is 4.79 Å². The third-order valence-electron chi connectivity index (χ3n) is 3.84. The second-order valence-electron chi connectivity index (χ2n) is 5.21. The summed E-state index contributed by atoms with van der Waals surface area (Å²) in [5, 5.41) is 9.21. The van der Waals surface area contributed by atoms with Gasteiger partial charge in [0, 0.05) is 30.5 Å². The lowest BCUT2D eigenvalue weighted by Crippen LogP contribution is -2.22. The number of aryl methyl sites for hydroxylation is 1. The number of hydrogen-bond acceptors (Lipinski definition) is 4. The Hall–Kier alpha value is -2.69. The highest BCUT2D eigenvalue weighted by Gasteiger charge is 2.20. The van der Waals surface area contributed by atoms with Crippen LogP contribution in [-0.2, 0) is 0 Å². The molecule has 0 aliphatic rings. The van der Waals surface area contributed by atoms with E-state index in [1.165, 1.54) is 18.3 Å². The Labute approximate surface area is 135 Å². The molecule has 0 fully saturated rings. The second-order valence-corrected chi connectivity index (χ2v) is 5.21. The minimum atomic E-state index is -1.15. The molecule has 0 spiro atoms. The van der Waals surface area contributed by atoms with Crippen molar-refractivity contribution in [3.63, 3.8) is 0 Å². The largest absolute Gasteiger partial charge is 0.478 e. The van der Waals surface area contributed by atoms with Crippen LogP contribution < -0.4 is 4.90 Å². The SMILES string of the molecule is CCN(CC)c1ccc(C(=O)c2ncccc2C(=O)O)c(C)c1. The number of anilines is 1. The van der Waals surface area contributed by atoms with Gasteiger partial charge in [-0.3, -0.25) is 9.78 Å². The Balaban J connectivity index is 2.43. The minimum absolute atomic E-state index is 0.0290. The number of nitrogens with zero attached hydrogens (tertiary/aromatic N) is 2. The van der Waals surface area contributed by atoms with Gasteiger partial charge in [-0.15, -0.1) is 0 Å². The monoisotopic (exact) mass is 312 g/mol. The summed E-state index contributed by atoms with van der Waals surface area (Å²) in [5.74, 6) is -1.52. The summed E-state index contributed by atoms with van der Waals surface area (Å²) in [6, 6.07) is 8.48. The van der Waals surface area contributed by atoms with Crippen molar-refractivity contribution in [2.24, 2.45) is 0 Å². The number of rotatable bonds is 6. The van der Waals surface area contributed by atoms with E-state index in [2.05, 4.69) is 23.7 Å². The van der Waals surface area contributed by atoms with Crippen LogP contribution in [0.25, 0.3) is 0 Å². The average Bonchev–Trinajstić information content (AvgIpc) is 2.55. The first-order chi connectivity index (χ1) is 11.0. The number of hydrogen-bond donors (Lipinski definition) is 1. The van der Waals surface area contributed by atoms with Crippen molar-refractivity contribution >= 4 is 17.4 Å². The molecule has 0 bridgehead atoms. The zero-order valence-corrected chi connectivity index (χ0v) is 13.5. The summed E-state index contributed by atoms with van der Waals surface area (Å²) in [6.07, 6.45) is 1.43. The molecule has 1 heterocycles. The zero-order valence-electron chi connectivity index (χ0n) is 13.5. The summed E-state index contributed by atoms with van der Waals surface area (Å²) in [7, 11) is 0. The zero-order chi connectivity index (χ0) is 17.0. The molecule has 5 nitrogen and oxygen atoms in total. The summed E-state index contributed by atoms with van der Waals surface area (Å²) >= 11 is 0. The first-order valence-electron chi connectivity index (χ1n) is 7.58. The Bertz CT molecular complexity index is 737. The van der Waals surface area contributed by atoms with Gasteiger partial charge in [-0.05, 0) is 56.7 Å². The van der Waals surface area contributed by atoms with Crippen LogP contribution in [0.3, 0.4) is 0 Å². The van der Waals surface area contributed by atoms with Crippen LogP contribution in [0.1, 0.15) is 45.8 Å². The Morgan fingerprint density at radius 2 is 1.83 bits per heavy atom. The molecule has 0 radical (unpaired) electrons. The number of benzene rings is 1. The molecule has 0 amide bonds. The van der Waals surface area contributed by atoms with Gasteiger partial charge in [0.15, 0.2) is 0 Å². The van der Waals surface area contributed by atoms with Crippen LogP contribution in [0.5, 0.6) is 0 Å². The number of carboxylic acids is 1. The number of carbonyl (C=O) groups is 2. The van der Waals surface area contributed by atoms with Crippen LogP contribution in [-0.4, -0.2) is 34.9 Å². The van der Waals surface area contributed by atoms with Gasteiger partial charge in [-0.2, -0.15) is 0 Å². The maximum absolute atomic E-state index is 12.7. The van der Waals surface area contributed by atoms with Crippen molar-refractivity contribution in [2.75, 3.05) is 18.0 Å². The number of aromatic nitrogens is 1. The lowest BCUT2D eigenvalue weighted by molar-refractivity contribution is 0.0692. The molecular weight excluding hydrogens is 292 g/mol. The van der Waals surface area contributed by atoms with Crippen LogP contribution >= 0.6 is 0 Å². The molecule has 0 saturated carbocycles. The lowest BCUT2D eigenvalue weighted by atomic mass is 9.99. The molecular formula is C18H20N2O3. The highest BCUT2D eigenvalue weighted by molar-refractivity contribution is 6.13. The maximum atomic E-state index is 12.7. The van der Waals surface area contributed by atoms with Gasteiger partial charge in [0.1, 0.15) is 5.69 Å². The fourth-order valence-electron chi connectivity index (χ4n) is 2.57. The summed E-state index contributed by atoms with van der Waals surface area (Å²) < 4.78 is 0. The molecule has 1 N–H and O–H groups in total. The van der Waals surface area contributed by atoms with Gasteiger partial charge in [0.25, 0.3) is 0 Å². The molecule has 1 aromatic heterocycles. The number of carboxylic acid groups (broad SMARTS) is 1. The van der Waals surface area contributed by atoms with Crippen LogP contribution in [0.4, 0.5) is 5.69 Å². The van der Waals surface area contributed by atoms with Gasteiger partial charge in [0.2, 0.25) is 5.78 Å². The molecule has 5 heteroatoms.